The van der Waals surface area contributed by atoms with Gasteiger partial charge < -0.3 is 19.2 Å². The molecule has 0 bridgehead atoms. The molecule has 0 unspecified atom stereocenters. The molecule has 114 valence electrons. The van der Waals surface area contributed by atoms with Crippen LogP contribution >= 0.6 is 0 Å². The van der Waals surface area contributed by atoms with Crippen molar-refractivity contribution in [3.63, 3.8) is 0 Å². The van der Waals surface area contributed by atoms with Crippen LogP contribution in [-0.2, 0) is 9.31 Å². The van der Waals surface area contributed by atoms with Crippen molar-refractivity contribution in [1.29, 1.82) is 0 Å². The molecule has 0 saturated carbocycles. The molecule has 1 N–H and O–H groups in total. The minimum Gasteiger partial charge on any atom is -0.504 e. The number of rotatable bonds is 3. The molecule has 0 aliphatic carbocycles. The summed E-state index contributed by atoms with van der Waals surface area (Å²) in [6.45, 7) is 7.46. The highest BCUT2D eigenvalue weighted by molar-refractivity contribution is 6.54. The Bertz CT molecular complexity index is 553. The van der Waals surface area contributed by atoms with E-state index in [9.17, 15) is 9.50 Å². The molecule has 0 atom stereocenters. The van der Waals surface area contributed by atoms with Gasteiger partial charge in [0.25, 0.3) is 0 Å². The Hall–Kier alpha value is -1.53. The van der Waals surface area contributed by atoms with Crippen LogP contribution < -0.4 is 4.74 Å². The molecule has 1 aromatic rings. The highest BCUT2D eigenvalue weighted by atomic mass is 19.1. The summed E-state index contributed by atoms with van der Waals surface area (Å²) in [6.07, 6.45) is 1.31. The predicted octanol–water partition coefficient (Wildman–Crippen LogP) is 3.34. The molecule has 1 aromatic carbocycles. The van der Waals surface area contributed by atoms with Gasteiger partial charge in [-0.05, 0) is 51.5 Å². The topological polar surface area (TPSA) is 47.9 Å². The van der Waals surface area contributed by atoms with Crippen LogP contribution in [0.5, 0.6) is 11.5 Å². The first-order chi connectivity index (χ1) is 9.66. The number of halogens is 1. The van der Waals surface area contributed by atoms with Crippen LogP contribution in [0.1, 0.15) is 33.3 Å². The average Bonchev–Trinajstić information content (AvgIpc) is 2.61. The Morgan fingerprint density at radius 2 is 1.81 bits per heavy atom. The van der Waals surface area contributed by atoms with Crippen molar-refractivity contribution in [3.05, 3.63) is 29.5 Å². The number of ether oxygens (including phenoxy) is 1. The minimum absolute atomic E-state index is 0.00527. The quantitative estimate of drug-likeness (QED) is 0.869. The number of hydrogen-bond acceptors (Lipinski definition) is 4. The Labute approximate surface area is 124 Å². The number of hydrogen-bond donors (Lipinski definition) is 1. The zero-order valence-electron chi connectivity index (χ0n) is 12.9. The van der Waals surface area contributed by atoms with E-state index in [1.54, 1.807) is 12.1 Å². The van der Waals surface area contributed by atoms with Gasteiger partial charge in [-0.2, -0.15) is 0 Å². The van der Waals surface area contributed by atoms with Gasteiger partial charge in [-0.1, -0.05) is 6.07 Å². The van der Waals surface area contributed by atoms with E-state index in [1.165, 1.54) is 19.3 Å². The van der Waals surface area contributed by atoms with Crippen LogP contribution in [0.4, 0.5) is 4.39 Å². The van der Waals surface area contributed by atoms with Crippen LogP contribution in [-0.4, -0.2) is 30.5 Å². The Morgan fingerprint density at radius 1 is 1.24 bits per heavy atom. The molecule has 1 saturated heterocycles. The van der Waals surface area contributed by atoms with Crippen molar-refractivity contribution >= 4 is 13.2 Å². The number of phenolic OH excluding ortho intramolecular Hbond substituents is 1. The van der Waals surface area contributed by atoms with Gasteiger partial charge in [0.15, 0.2) is 11.5 Å². The SMILES string of the molecule is COc1cc(C=C(F)B2OC(C)(C)C(C)(C)O2)ccc1O. The van der Waals surface area contributed by atoms with Gasteiger partial charge in [0.1, 0.15) is 5.73 Å². The lowest BCUT2D eigenvalue weighted by atomic mass is 9.87. The van der Waals surface area contributed by atoms with Crippen molar-refractivity contribution in [2.75, 3.05) is 7.11 Å². The molecule has 1 aliphatic rings. The largest absolute Gasteiger partial charge is 0.525 e. The summed E-state index contributed by atoms with van der Waals surface area (Å²) >= 11 is 0. The predicted molar refractivity (Wildman–Crippen MR) is 79.8 cm³/mol. The molecule has 0 spiro atoms. The van der Waals surface area contributed by atoms with Crippen molar-refractivity contribution < 1.29 is 23.5 Å². The highest BCUT2D eigenvalue weighted by Gasteiger charge is 2.53. The lowest BCUT2D eigenvalue weighted by Gasteiger charge is -2.32. The van der Waals surface area contributed by atoms with E-state index in [4.69, 9.17) is 14.0 Å². The van der Waals surface area contributed by atoms with Crippen LogP contribution in [0.25, 0.3) is 6.08 Å². The molecule has 0 amide bonds. The summed E-state index contributed by atoms with van der Waals surface area (Å²) in [6, 6.07) is 4.57. The summed E-state index contributed by atoms with van der Waals surface area (Å²) < 4.78 is 30.6. The first kappa shape index (κ1) is 15.9. The molecule has 21 heavy (non-hydrogen) atoms. The zero-order chi connectivity index (χ0) is 15.8. The highest BCUT2D eigenvalue weighted by Crippen LogP contribution is 2.39. The van der Waals surface area contributed by atoms with Gasteiger partial charge in [0.2, 0.25) is 0 Å². The lowest BCUT2D eigenvalue weighted by Crippen LogP contribution is -2.41. The normalized spacial score (nSPS) is 20.7. The third-order valence-electron chi connectivity index (χ3n) is 3.99. The summed E-state index contributed by atoms with van der Waals surface area (Å²) in [7, 11) is 0.405. The van der Waals surface area contributed by atoms with Crippen LogP contribution in [0, 0.1) is 0 Å². The summed E-state index contributed by atoms with van der Waals surface area (Å²) in [5.74, 6) is 0.288. The molecule has 6 heteroatoms. The van der Waals surface area contributed by atoms with Gasteiger partial charge in [0, 0.05) is 0 Å². The average molecular weight is 294 g/mol. The van der Waals surface area contributed by atoms with Crippen LogP contribution in [0.2, 0.25) is 0 Å². The maximum Gasteiger partial charge on any atom is 0.525 e. The van der Waals surface area contributed by atoms with Gasteiger partial charge in [0.05, 0.1) is 18.3 Å². The van der Waals surface area contributed by atoms with Crippen molar-refractivity contribution in [3.8, 4) is 11.5 Å². The number of methoxy groups -OCH3 is 1. The first-order valence-electron chi connectivity index (χ1n) is 6.76. The first-order valence-corrected chi connectivity index (χ1v) is 6.76. The molecular formula is C15H20BFO4. The van der Waals surface area contributed by atoms with E-state index in [0.29, 0.717) is 5.56 Å². The molecule has 4 nitrogen and oxygen atoms in total. The van der Waals surface area contributed by atoms with E-state index in [2.05, 4.69) is 0 Å². The van der Waals surface area contributed by atoms with E-state index < -0.39 is 24.0 Å². The standard InChI is InChI=1S/C15H20BFO4/c1-14(2)15(3,4)21-16(20-14)13(17)9-10-6-7-11(18)12(8-10)19-5/h6-9,18H,1-5H3. The number of phenols is 1. The van der Waals surface area contributed by atoms with E-state index >= 15 is 0 Å². The Balaban J connectivity index is 2.23. The second-order valence-corrected chi connectivity index (χ2v) is 6.05. The van der Waals surface area contributed by atoms with Crippen LogP contribution in [0.15, 0.2) is 23.9 Å². The zero-order valence-corrected chi connectivity index (χ0v) is 12.9. The molecule has 0 aromatic heterocycles. The molecule has 1 aliphatic heterocycles. The molecule has 1 fully saturated rings. The third kappa shape index (κ3) is 3.06. The van der Waals surface area contributed by atoms with Gasteiger partial charge >= 0.3 is 7.12 Å². The van der Waals surface area contributed by atoms with E-state index in [0.717, 1.165) is 0 Å². The molecule has 2 rings (SSSR count). The summed E-state index contributed by atoms with van der Waals surface area (Å²) in [5.41, 5.74) is -1.15. The summed E-state index contributed by atoms with van der Waals surface area (Å²) in [4.78, 5) is 0. The van der Waals surface area contributed by atoms with Gasteiger partial charge in [-0.15, -0.1) is 0 Å². The molecule has 0 radical (unpaired) electrons. The third-order valence-corrected chi connectivity index (χ3v) is 3.99. The Kier molecular flexibility index (Phi) is 4.04. The fraction of sp³-hybridized carbons (Fsp3) is 0.467. The van der Waals surface area contributed by atoms with Crippen LogP contribution in [0.3, 0.4) is 0 Å². The van der Waals surface area contributed by atoms with Gasteiger partial charge in [-0.25, -0.2) is 4.39 Å². The molecule has 1 heterocycles. The fourth-order valence-corrected chi connectivity index (χ4v) is 1.97. The van der Waals surface area contributed by atoms with Gasteiger partial charge in [-0.3, -0.25) is 0 Å². The summed E-state index contributed by atoms with van der Waals surface area (Å²) in [5, 5.41) is 9.53. The maximum absolute atomic E-state index is 14.3. The Morgan fingerprint density at radius 3 is 2.33 bits per heavy atom. The van der Waals surface area contributed by atoms with E-state index in [-0.39, 0.29) is 11.5 Å². The number of benzene rings is 1. The minimum atomic E-state index is -1.03. The fourth-order valence-electron chi connectivity index (χ4n) is 1.97. The smallest absolute Gasteiger partial charge is 0.504 e. The monoisotopic (exact) mass is 294 g/mol. The second-order valence-electron chi connectivity index (χ2n) is 6.05. The van der Waals surface area contributed by atoms with Crippen molar-refractivity contribution in [1.82, 2.24) is 0 Å². The second kappa shape index (κ2) is 5.35. The van der Waals surface area contributed by atoms with Crippen molar-refractivity contribution in [2.45, 2.75) is 38.9 Å². The number of aromatic hydroxyl groups is 1. The van der Waals surface area contributed by atoms with Crippen molar-refractivity contribution in [2.24, 2.45) is 0 Å². The van der Waals surface area contributed by atoms with E-state index in [1.807, 2.05) is 27.7 Å². The molecular weight excluding hydrogens is 274 g/mol. The maximum atomic E-state index is 14.3. The lowest BCUT2D eigenvalue weighted by molar-refractivity contribution is 0.00578.